The van der Waals surface area contributed by atoms with Gasteiger partial charge in [-0.3, -0.25) is 14.5 Å². The highest BCUT2D eigenvalue weighted by Crippen LogP contribution is 2.22. The zero-order valence-electron chi connectivity index (χ0n) is 17.6. The van der Waals surface area contributed by atoms with Crippen LogP contribution in [-0.4, -0.2) is 31.6 Å². The van der Waals surface area contributed by atoms with E-state index in [2.05, 4.69) is 21.8 Å². The van der Waals surface area contributed by atoms with Crippen molar-refractivity contribution >= 4 is 44.4 Å². The van der Waals surface area contributed by atoms with Gasteiger partial charge in [0, 0.05) is 28.3 Å². The van der Waals surface area contributed by atoms with Gasteiger partial charge in [-0.1, -0.05) is 30.7 Å². The largest absolute Gasteiger partial charge is 0.332 e. The van der Waals surface area contributed by atoms with Gasteiger partial charge in [0.2, 0.25) is 5.91 Å². The molecule has 0 fully saturated rings. The van der Waals surface area contributed by atoms with Crippen molar-refractivity contribution in [1.29, 1.82) is 0 Å². The van der Waals surface area contributed by atoms with Gasteiger partial charge in [-0.2, -0.15) is 0 Å². The van der Waals surface area contributed by atoms with E-state index in [-0.39, 0.29) is 10.8 Å². The lowest BCUT2D eigenvalue weighted by Gasteiger charge is -2.21. The Labute approximate surface area is 196 Å². The number of fused-ring (bicyclic) bond motifs is 1. The first-order valence-corrected chi connectivity index (χ1v) is 13.8. The van der Waals surface area contributed by atoms with Gasteiger partial charge in [0.05, 0.1) is 18.0 Å². The van der Waals surface area contributed by atoms with Crippen LogP contribution in [0.5, 0.6) is 0 Å². The maximum Gasteiger partial charge on any atom is 0.263 e. The van der Waals surface area contributed by atoms with E-state index in [9.17, 15) is 13.2 Å². The van der Waals surface area contributed by atoms with Crippen LogP contribution in [-0.2, 0) is 27.9 Å². The van der Waals surface area contributed by atoms with Crippen LogP contribution in [0.4, 0.5) is 0 Å². The van der Waals surface area contributed by atoms with Gasteiger partial charge in [0.25, 0.3) is 10.0 Å². The molecule has 1 aliphatic heterocycles. The van der Waals surface area contributed by atoms with E-state index >= 15 is 0 Å². The number of rotatable bonds is 10. The molecule has 0 atom stereocenters. The van der Waals surface area contributed by atoms with Crippen LogP contribution in [0.1, 0.15) is 41.0 Å². The Morgan fingerprint density at radius 3 is 2.25 bits per heavy atom. The molecule has 0 saturated carbocycles. The molecular formula is C23H25N3O3S3. The summed E-state index contributed by atoms with van der Waals surface area (Å²) in [6.45, 7) is 1.80. The van der Waals surface area contributed by atoms with Crippen molar-refractivity contribution in [3.05, 3.63) is 74.6 Å². The molecular weight excluding hydrogens is 462 g/mol. The fourth-order valence-corrected chi connectivity index (χ4v) is 6.27. The molecule has 0 spiro atoms. The second kappa shape index (κ2) is 10.4. The average molecular weight is 488 g/mol. The van der Waals surface area contributed by atoms with Crippen LogP contribution in [0, 0.1) is 0 Å². The number of nitrogens with zero attached hydrogens (tertiary/aromatic N) is 2. The van der Waals surface area contributed by atoms with E-state index in [1.54, 1.807) is 46.9 Å². The number of carbonyl (C=O) groups is 1. The molecule has 9 heteroatoms. The number of unbranched alkanes of at least 4 members (excludes halogenated alkanes) is 2. The van der Waals surface area contributed by atoms with Crippen molar-refractivity contribution in [3.63, 3.8) is 0 Å². The standard InChI is InChI=1S/C23H25N3O3S3/c27-22(26(16-18-8-6-14-30-18)17-19-9-7-15-31-19)12-2-1-5-13-24-23-20-10-3-4-11-21(20)32(28,29)25-23/h3-4,6-11,14-15H,1-2,5,12-13,16-17H2,(H,24,25). The molecule has 1 N–H and O–H groups in total. The van der Waals surface area contributed by atoms with Gasteiger partial charge in [-0.05, 0) is 47.9 Å². The van der Waals surface area contributed by atoms with Gasteiger partial charge in [0.15, 0.2) is 0 Å². The van der Waals surface area contributed by atoms with Gasteiger partial charge in [-0.15, -0.1) is 22.7 Å². The summed E-state index contributed by atoms with van der Waals surface area (Å²) in [6.07, 6.45) is 2.96. The van der Waals surface area contributed by atoms with Crippen LogP contribution in [0.3, 0.4) is 0 Å². The lowest BCUT2D eigenvalue weighted by Crippen LogP contribution is -2.29. The van der Waals surface area contributed by atoms with Crippen molar-refractivity contribution in [2.75, 3.05) is 6.54 Å². The molecule has 0 radical (unpaired) electrons. The molecule has 1 amide bonds. The highest BCUT2D eigenvalue weighted by molar-refractivity contribution is 7.90. The zero-order valence-corrected chi connectivity index (χ0v) is 20.0. The third-order valence-corrected chi connectivity index (χ3v) is 8.31. The number of amides is 1. The summed E-state index contributed by atoms with van der Waals surface area (Å²) in [5.41, 5.74) is 0.625. The molecule has 0 bridgehead atoms. The summed E-state index contributed by atoms with van der Waals surface area (Å²) in [6, 6.07) is 15.0. The smallest absolute Gasteiger partial charge is 0.263 e. The fourth-order valence-electron chi connectivity index (χ4n) is 3.58. The summed E-state index contributed by atoms with van der Waals surface area (Å²) < 4.78 is 26.8. The topological polar surface area (TPSA) is 78.8 Å². The van der Waals surface area contributed by atoms with Crippen molar-refractivity contribution in [1.82, 2.24) is 9.62 Å². The monoisotopic (exact) mass is 487 g/mol. The first-order valence-electron chi connectivity index (χ1n) is 10.5. The van der Waals surface area contributed by atoms with E-state index < -0.39 is 10.0 Å². The Morgan fingerprint density at radius 1 is 0.906 bits per heavy atom. The van der Waals surface area contributed by atoms with E-state index in [0.29, 0.717) is 37.5 Å². The zero-order chi connectivity index (χ0) is 22.4. The quantitative estimate of drug-likeness (QED) is 0.423. The Kier molecular flexibility index (Phi) is 7.39. The maximum absolute atomic E-state index is 12.9. The molecule has 1 aliphatic rings. The Bertz CT molecular complexity index is 1130. The first-order chi connectivity index (χ1) is 15.5. The summed E-state index contributed by atoms with van der Waals surface area (Å²) in [5, 5.41) is 4.07. The molecule has 1 aromatic carbocycles. The average Bonchev–Trinajstić information content (AvgIpc) is 3.53. The Hall–Kier alpha value is -2.49. The van der Waals surface area contributed by atoms with E-state index in [0.717, 1.165) is 19.3 Å². The third-order valence-electron chi connectivity index (χ3n) is 5.19. The van der Waals surface area contributed by atoms with Crippen molar-refractivity contribution < 1.29 is 13.2 Å². The summed E-state index contributed by atoms with van der Waals surface area (Å²) >= 11 is 3.34. The molecule has 6 nitrogen and oxygen atoms in total. The van der Waals surface area contributed by atoms with Crippen LogP contribution >= 0.6 is 22.7 Å². The van der Waals surface area contributed by atoms with Gasteiger partial charge in [0.1, 0.15) is 5.84 Å². The number of thiophene rings is 2. The lowest BCUT2D eigenvalue weighted by atomic mass is 10.1. The minimum Gasteiger partial charge on any atom is -0.332 e. The number of carbonyl (C=O) groups excluding carboxylic acids is 1. The first kappa shape index (κ1) is 22.7. The van der Waals surface area contributed by atoms with Gasteiger partial charge >= 0.3 is 0 Å². The number of sulfonamides is 1. The lowest BCUT2D eigenvalue weighted by molar-refractivity contribution is -0.132. The minimum absolute atomic E-state index is 0.163. The number of nitrogens with one attached hydrogen (secondary N) is 1. The van der Waals surface area contributed by atoms with E-state index in [1.807, 2.05) is 27.8 Å². The highest BCUT2D eigenvalue weighted by atomic mass is 32.2. The number of aliphatic imine (C=N–C) groups is 1. The summed E-state index contributed by atoms with van der Waals surface area (Å²) in [4.78, 5) is 21.9. The van der Waals surface area contributed by atoms with E-state index in [1.165, 1.54) is 9.75 Å². The number of benzene rings is 1. The molecule has 32 heavy (non-hydrogen) atoms. The molecule has 4 rings (SSSR count). The minimum atomic E-state index is -3.50. The molecule has 168 valence electrons. The van der Waals surface area contributed by atoms with Crippen molar-refractivity contribution in [2.24, 2.45) is 4.99 Å². The normalized spacial score (nSPS) is 15.4. The number of amidine groups is 1. The number of hydrogen-bond donors (Lipinski definition) is 1. The third kappa shape index (κ3) is 5.65. The molecule has 0 saturated heterocycles. The maximum atomic E-state index is 12.9. The Morgan fingerprint density at radius 2 is 1.59 bits per heavy atom. The SMILES string of the molecule is O=C(CCCCCN=C1NS(=O)(=O)c2ccccc21)N(Cc1cccs1)Cc1cccs1. The number of hydrogen-bond acceptors (Lipinski definition) is 6. The van der Waals surface area contributed by atoms with Crippen LogP contribution in [0.25, 0.3) is 0 Å². The van der Waals surface area contributed by atoms with Crippen molar-refractivity contribution in [3.8, 4) is 0 Å². The molecule has 3 aromatic rings. The van der Waals surface area contributed by atoms with Crippen LogP contribution in [0.15, 0.2) is 69.2 Å². The molecule has 3 heterocycles. The molecule has 0 unspecified atom stereocenters. The summed E-state index contributed by atoms with van der Waals surface area (Å²) in [7, 11) is -3.50. The Balaban J connectivity index is 1.25. The highest BCUT2D eigenvalue weighted by Gasteiger charge is 2.29. The second-order valence-electron chi connectivity index (χ2n) is 7.55. The molecule has 2 aromatic heterocycles. The van der Waals surface area contributed by atoms with Crippen molar-refractivity contribution in [2.45, 2.75) is 43.7 Å². The van der Waals surface area contributed by atoms with Gasteiger partial charge < -0.3 is 4.90 Å². The van der Waals surface area contributed by atoms with E-state index in [4.69, 9.17) is 0 Å². The second-order valence-corrected chi connectivity index (χ2v) is 11.3. The van der Waals surface area contributed by atoms with Gasteiger partial charge in [-0.25, -0.2) is 8.42 Å². The predicted octanol–water partition coefficient (Wildman–Crippen LogP) is 4.64. The predicted molar refractivity (Wildman–Crippen MR) is 130 cm³/mol. The molecule has 0 aliphatic carbocycles. The van der Waals surface area contributed by atoms with Crippen LogP contribution in [0.2, 0.25) is 0 Å². The van der Waals surface area contributed by atoms with Crippen LogP contribution < -0.4 is 4.72 Å². The fraction of sp³-hybridized carbons (Fsp3) is 0.304. The summed E-state index contributed by atoms with van der Waals surface area (Å²) in [5.74, 6) is 0.574.